The predicted octanol–water partition coefficient (Wildman–Crippen LogP) is 4.57. The molecule has 1 unspecified atom stereocenters. The van der Waals surface area contributed by atoms with Crippen LogP contribution in [-0.4, -0.2) is 5.91 Å². The number of rotatable bonds is 4. The third-order valence-electron chi connectivity index (χ3n) is 3.07. The van der Waals surface area contributed by atoms with Crippen LogP contribution in [-0.2, 0) is 4.79 Å². The zero-order chi connectivity index (χ0) is 13.8. The summed E-state index contributed by atoms with van der Waals surface area (Å²) in [5.74, 6) is 0.656. The second-order valence-electron chi connectivity index (χ2n) is 6.22. The molecule has 0 aliphatic carbocycles. The number of carbonyl (C=O) groups is 1. The average molecular weight is 247 g/mol. The van der Waals surface area contributed by atoms with Crippen LogP contribution < -0.4 is 5.32 Å². The number of benzene rings is 1. The van der Waals surface area contributed by atoms with Crippen molar-refractivity contribution in [1.29, 1.82) is 0 Å². The summed E-state index contributed by atoms with van der Waals surface area (Å²) in [6.07, 6.45) is 1.68. The number of anilines is 1. The summed E-state index contributed by atoms with van der Waals surface area (Å²) in [5.41, 5.74) is 2.24. The SMILES string of the molecule is CCC(C)c1ccc(NC(=O)CC(C)(C)C)cc1. The Morgan fingerprint density at radius 3 is 2.22 bits per heavy atom. The lowest BCUT2D eigenvalue weighted by molar-refractivity contribution is -0.117. The van der Waals surface area contributed by atoms with Crippen molar-refractivity contribution in [1.82, 2.24) is 0 Å². The number of carbonyl (C=O) groups excluding carboxylic acids is 1. The maximum atomic E-state index is 11.8. The molecule has 0 saturated carbocycles. The Balaban J connectivity index is 2.61. The molecule has 100 valence electrons. The van der Waals surface area contributed by atoms with E-state index in [4.69, 9.17) is 0 Å². The van der Waals surface area contributed by atoms with E-state index in [1.807, 2.05) is 12.1 Å². The molecule has 0 aromatic heterocycles. The van der Waals surface area contributed by atoms with Crippen LogP contribution in [0, 0.1) is 5.41 Å². The highest BCUT2D eigenvalue weighted by Gasteiger charge is 2.15. The van der Waals surface area contributed by atoms with Crippen LogP contribution in [0.25, 0.3) is 0 Å². The molecule has 0 aliphatic rings. The first-order chi connectivity index (χ1) is 8.31. The van der Waals surface area contributed by atoms with Crippen LogP contribution in [0.1, 0.15) is 58.9 Å². The van der Waals surface area contributed by atoms with Crippen LogP contribution >= 0.6 is 0 Å². The number of hydrogen-bond acceptors (Lipinski definition) is 1. The van der Waals surface area contributed by atoms with Crippen molar-refractivity contribution in [3.63, 3.8) is 0 Å². The van der Waals surface area contributed by atoms with Gasteiger partial charge in [-0.2, -0.15) is 0 Å². The summed E-state index contributed by atoms with van der Waals surface area (Å²) in [6, 6.07) is 8.17. The summed E-state index contributed by atoms with van der Waals surface area (Å²) in [4.78, 5) is 11.8. The van der Waals surface area contributed by atoms with Crippen molar-refractivity contribution in [2.24, 2.45) is 5.41 Å². The molecule has 1 rings (SSSR count). The first-order valence-corrected chi connectivity index (χ1v) is 6.71. The van der Waals surface area contributed by atoms with E-state index in [1.165, 1.54) is 5.56 Å². The standard InChI is InChI=1S/C16H25NO/c1-6-12(2)13-7-9-14(10-8-13)17-15(18)11-16(3,4)5/h7-10,12H,6,11H2,1-5H3,(H,17,18). The van der Waals surface area contributed by atoms with Crippen LogP contribution in [0.5, 0.6) is 0 Å². The molecule has 1 aromatic carbocycles. The number of hydrogen-bond donors (Lipinski definition) is 1. The molecule has 0 spiro atoms. The third-order valence-corrected chi connectivity index (χ3v) is 3.07. The highest BCUT2D eigenvalue weighted by Crippen LogP contribution is 2.22. The maximum Gasteiger partial charge on any atom is 0.224 e. The predicted molar refractivity (Wildman–Crippen MR) is 77.8 cm³/mol. The quantitative estimate of drug-likeness (QED) is 0.829. The van der Waals surface area contributed by atoms with Crippen molar-refractivity contribution in [3.8, 4) is 0 Å². The maximum absolute atomic E-state index is 11.8. The Kier molecular flexibility index (Phi) is 4.94. The highest BCUT2D eigenvalue weighted by molar-refractivity contribution is 5.91. The van der Waals surface area contributed by atoms with E-state index < -0.39 is 0 Å². The van der Waals surface area contributed by atoms with Gasteiger partial charge in [-0.05, 0) is 35.4 Å². The smallest absolute Gasteiger partial charge is 0.224 e. The normalized spacial score (nSPS) is 13.2. The Bertz CT molecular complexity index is 387. The van der Waals surface area contributed by atoms with Gasteiger partial charge in [0.25, 0.3) is 0 Å². The molecule has 2 heteroatoms. The summed E-state index contributed by atoms with van der Waals surface area (Å²) in [7, 11) is 0. The van der Waals surface area contributed by atoms with Gasteiger partial charge in [0, 0.05) is 12.1 Å². The largest absolute Gasteiger partial charge is 0.326 e. The zero-order valence-electron chi connectivity index (χ0n) is 12.2. The fourth-order valence-corrected chi connectivity index (χ4v) is 1.82. The summed E-state index contributed by atoms with van der Waals surface area (Å²) in [6.45, 7) is 10.6. The minimum Gasteiger partial charge on any atom is -0.326 e. The van der Waals surface area contributed by atoms with Gasteiger partial charge in [-0.3, -0.25) is 4.79 Å². The molecule has 0 radical (unpaired) electrons. The van der Waals surface area contributed by atoms with Gasteiger partial charge in [-0.15, -0.1) is 0 Å². The van der Waals surface area contributed by atoms with Crippen molar-refractivity contribution < 1.29 is 4.79 Å². The molecular weight excluding hydrogens is 222 g/mol. The number of nitrogens with one attached hydrogen (secondary N) is 1. The molecule has 18 heavy (non-hydrogen) atoms. The van der Waals surface area contributed by atoms with Crippen LogP contribution in [0.4, 0.5) is 5.69 Å². The van der Waals surface area contributed by atoms with Crippen LogP contribution in [0.15, 0.2) is 24.3 Å². The molecule has 1 amide bonds. The molecule has 1 atom stereocenters. The molecule has 0 fully saturated rings. The average Bonchev–Trinajstić information content (AvgIpc) is 2.26. The van der Waals surface area contributed by atoms with Gasteiger partial charge >= 0.3 is 0 Å². The Hall–Kier alpha value is -1.31. The van der Waals surface area contributed by atoms with E-state index in [0.717, 1.165) is 12.1 Å². The first kappa shape index (κ1) is 14.7. The monoisotopic (exact) mass is 247 g/mol. The first-order valence-electron chi connectivity index (χ1n) is 6.71. The lowest BCUT2D eigenvalue weighted by atomic mass is 9.92. The summed E-state index contributed by atoms with van der Waals surface area (Å²) >= 11 is 0. The molecule has 0 saturated heterocycles. The number of amides is 1. The van der Waals surface area contributed by atoms with Crippen molar-refractivity contribution in [3.05, 3.63) is 29.8 Å². The van der Waals surface area contributed by atoms with E-state index in [0.29, 0.717) is 12.3 Å². The minimum atomic E-state index is 0.0285. The van der Waals surface area contributed by atoms with Crippen molar-refractivity contribution in [2.75, 3.05) is 5.32 Å². The Morgan fingerprint density at radius 1 is 1.22 bits per heavy atom. The Labute approximate surface area is 111 Å². The Morgan fingerprint density at radius 2 is 1.78 bits per heavy atom. The summed E-state index contributed by atoms with van der Waals surface area (Å²) < 4.78 is 0. The zero-order valence-corrected chi connectivity index (χ0v) is 12.2. The molecule has 0 heterocycles. The van der Waals surface area contributed by atoms with Crippen molar-refractivity contribution >= 4 is 11.6 Å². The molecule has 2 nitrogen and oxygen atoms in total. The highest BCUT2D eigenvalue weighted by atomic mass is 16.1. The second-order valence-corrected chi connectivity index (χ2v) is 6.22. The van der Waals surface area contributed by atoms with Gasteiger partial charge in [-0.25, -0.2) is 0 Å². The lowest BCUT2D eigenvalue weighted by Gasteiger charge is -2.17. The van der Waals surface area contributed by atoms with Gasteiger partial charge in [0.15, 0.2) is 0 Å². The van der Waals surface area contributed by atoms with Gasteiger partial charge in [0.2, 0.25) is 5.91 Å². The van der Waals surface area contributed by atoms with Crippen LogP contribution in [0.2, 0.25) is 0 Å². The third kappa shape index (κ3) is 4.91. The van der Waals surface area contributed by atoms with Crippen molar-refractivity contribution in [2.45, 2.75) is 53.4 Å². The van der Waals surface area contributed by atoms with Gasteiger partial charge < -0.3 is 5.32 Å². The van der Waals surface area contributed by atoms with E-state index in [9.17, 15) is 4.79 Å². The van der Waals surface area contributed by atoms with Gasteiger partial charge in [0.1, 0.15) is 0 Å². The van der Waals surface area contributed by atoms with E-state index in [2.05, 4.69) is 52.1 Å². The van der Waals surface area contributed by atoms with E-state index in [-0.39, 0.29) is 11.3 Å². The summed E-state index contributed by atoms with van der Waals surface area (Å²) in [5, 5.41) is 2.94. The molecule has 1 N–H and O–H groups in total. The fourth-order valence-electron chi connectivity index (χ4n) is 1.82. The second kappa shape index (κ2) is 6.03. The minimum absolute atomic E-state index is 0.0285. The molecular formula is C16H25NO. The van der Waals surface area contributed by atoms with Gasteiger partial charge in [0.05, 0.1) is 0 Å². The fraction of sp³-hybridized carbons (Fsp3) is 0.562. The topological polar surface area (TPSA) is 29.1 Å². The molecule has 0 aliphatic heterocycles. The van der Waals surface area contributed by atoms with E-state index in [1.54, 1.807) is 0 Å². The van der Waals surface area contributed by atoms with Gasteiger partial charge in [-0.1, -0.05) is 46.8 Å². The van der Waals surface area contributed by atoms with E-state index >= 15 is 0 Å². The molecule has 1 aromatic rings. The molecule has 0 bridgehead atoms. The lowest BCUT2D eigenvalue weighted by Crippen LogP contribution is -2.19. The van der Waals surface area contributed by atoms with Crippen LogP contribution in [0.3, 0.4) is 0 Å².